The summed E-state index contributed by atoms with van der Waals surface area (Å²) in [4.78, 5) is 27.2. The van der Waals surface area contributed by atoms with E-state index in [1.807, 2.05) is 36.4 Å². The van der Waals surface area contributed by atoms with Crippen LogP contribution in [0.5, 0.6) is 11.5 Å². The van der Waals surface area contributed by atoms with E-state index >= 15 is 0 Å². The highest BCUT2D eigenvalue weighted by atomic mass is 32.2. The average molecular weight is 499 g/mol. The molecule has 0 spiro atoms. The summed E-state index contributed by atoms with van der Waals surface area (Å²) in [6.07, 6.45) is 2.70. The Bertz CT molecular complexity index is 1080. The number of hydrogen-bond donors (Lipinski definition) is 1. The Balaban J connectivity index is 1.48. The van der Waals surface area contributed by atoms with Crippen LogP contribution in [0.2, 0.25) is 0 Å². The van der Waals surface area contributed by atoms with Crippen LogP contribution in [0, 0.1) is 0 Å². The number of benzene rings is 2. The van der Waals surface area contributed by atoms with Crippen LogP contribution in [0.15, 0.2) is 47.4 Å². The lowest BCUT2D eigenvalue weighted by atomic mass is 10.0. The average Bonchev–Trinajstić information content (AvgIpc) is 3.09. The van der Waals surface area contributed by atoms with Crippen molar-refractivity contribution in [3.8, 4) is 11.5 Å². The number of amides is 2. The zero-order chi connectivity index (χ0) is 24.7. The highest BCUT2D eigenvalue weighted by Crippen LogP contribution is 2.33. The van der Waals surface area contributed by atoms with Crippen LogP contribution < -0.4 is 14.8 Å². The van der Waals surface area contributed by atoms with Gasteiger partial charge in [0.15, 0.2) is 11.5 Å². The minimum absolute atomic E-state index is 0.122. The lowest BCUT2D eigenvalue weighted by Crippen LogP contribution is -2.34. The largest absolute Gasteiger partial charge is 0.493 e. The minimum atomic E-state index is -0.152. The third-order valence-electron chi connectivity index (χ3n) is 5.52. The van der Waals surface area contributed by atoms with Gasteiger partial charge < -0.3 is 14.8 Å². The first kappa shape index (κ1) is 25.8. The van der Waals surface area contributed by atoms with Gasteiger partial charge in [0.25, 0.3) is 5.91 Å². The molecule has 0 saturated carbocycles. The molecule has 1 heterocycles. The molecule has 2 aromatic rings. The van der Waals surface area contributed by atoms with Gasteiger partial charge in [-0.2, -0.15) is 0 Å². The van der Waals surface area contributed by atoms with E-state index in [-0.39, 0.29) is 24.8 Å². The number of nitrogens with one attached hydrogen (secondary N) is 1. The van der Waals surface area contributed by atoms with E-state index in [0.29, 0.717) is 39.6 Å². The zero-order valence-electron chi connectivity index (χ0n) is 19.9. The van der Waals surface area contributed by atoms with Crippen molar-refractivity contribution in [2.75, 3.05) is 27.3 Å². The van der Waals surface area contributed by atoms with Crippen molar-refractivity contribution in [3.63, 3.8) is 0 Å². The molecular formula is C26H30N2O4S2. The van der Waals surface area contributed by atoms with Crippen molar-refractivity contribution in [1.82, 2.24) is 10.2 Å². The Morgan fingerprint density at radius 1 is 1.12 bits per heavy atom. The van der Waals surface area contributed by atoms with Crippen molar-refractivity contribution < 1.29 is 19.1 Å². The predicted molar refractivity (Wildman–Crippen MR) is 141 cm³/mol. The minimum Gasteiger partial charge on any atom is -0.493 e. The van der Waals surface area contributed by atoms with E-state index < -0.39 is 0 Å². The quantitative estimate of drug-likeness (QED) is 0.376. The third-order valence-corrected chi connectivity index (χ3v) is 6.90. The molecule has 8 heteroatoms. The molecule has 2 aromatic carbocycles. The molecule has 1 aliphatic heterocycles. The second-order valence-corrected chi connectivity index (χ2v) is 9.87. The molecular weight excluding hydrogens is 468 g/mol. The van der Waals surface area contributed by atoms with Gasteiger partial charge in [0.05, 0.1) is 19.1 Å². The van der Waals surface area contributed by atoms with Crippen molar-refractivity contribution in [2.45, 2.75) is 32.6 Å². The first-order chi connectivity index (χ1) is 16.3. The van der Waals surface area contributed by atoms with Crippen LogP contribution in [0.25, 0.3) is 6.08 Å². The molecule has 1 N–H and O–H groups in total. The smallest absolute Gasteiger partial charge is 0.266 e. The molecule has 3 rings (SSSR count). The topological polar surface area (TPSA) is 67.9 Å². The molecule has 1 fully saturated rings. The fourth-order valence-electron chi connectivity index (χ4n) is 3.51. The Morgan fingerprint density at radius 3 is 2.47 bits per heavy atom. The Morgan fingerprint density at radius 2 is 1.82 bits per heavy atom. The lowest BCUT2D eigenvalue weighted by molar-refractivity contribution is -0.123. The number of rotatable bonds is 10. The first-order valence-corrected chi connectivity index (χ1v) is 12.4. The maximum Gasteiger partial charge on any atom is 0.266 e. The maximum atomic E-state index is 12.8. The summed E-state index contributed by atoms with van der Waals surface area (Å²) in [5.41, 5.74) is 3.24. The van der Waals surface area contributed by atoms with E-state index in [1.54, 1.807) is 14.2 Å². The number of thiocarbonyl (C=S) groups is 1. The van der Waals surface area contributed by atoms with E-state index in [2.05, 4.69) is 31.3 Å². The van der Waals surface area contributed by atoms with Crippen LogP contribution >= 0.6 is 24.0 Å². The van der Waals surface area contributed by atoms with E-state index in [9.17, 15) is 9.59 Å². The van der Waals surface area contributed by atoms with Gasteiger partial charge in [0, 0.05) is 19.5 Å². The van der Waals surface area contributed by atoms with Crippen molar-refractivity contribution >= 4 is 46.2 Å². The van der Waals surface area contributed by atoms with Gasteiger partial charge in [-0.05, 0) is 47.2 Å². The molecule has 6 nitrogen and oxygen atoms in total. The summed E-state index contributed by atoms with van der Waals surface area (Å²) in [5.74, 6) is 1.51. The predicted octanol–water partition coefficient (Wildman–Crippen LogP) is 4.78. The Labute approximate surface area is 210 Å². The summed E-state index contributed by atoms with van der Waals surface area (Å²) in [5, 5.41) is 2.90. The molecule has 34 heavy (non-hydrogen) atoms. The Hall–Kier alpha value is -2.84. The lowest BCUT2D eigenvalue weighted by Gasteiger charge is -2.14. The molecule has 0 unspecified atom stereocenters. The van der Waals surface area contributed by atoms with Crippen molar-refractivity contribution in [2.24, 2.45) is 0 Å². The number of hydrogen-bond acceptors (Lipinski definition) is 6. The third kappa shape index (κ3) is 6.61. The summed E-state index contributed by atoms with van der Waals surface area (Å²) in [6.45, 7) is 5.04. The second-order valence-electron chi connectivity index (χ2n) is 8.19. The number of thioether (sulfide) groups is 1. The summed E-state index contributed by atoms with van der Waals surface area (Å²) >= 11 is 6.66. The van der Waals surface area contributed by atoms with Crippen LogP contribution in [0.4, 0.5) is 0 Å². The fourth-order valence-corrected chi connectivity index (χ4v) is 4.81. The monoisotopic (exact) mass is 498 g/mol. The molecule has 1 saturated heterocycles. The number of methoxy groups -OCH3 is 2. The molecule has 0 bridgehead atoms. The second kappa shape index (κ2) is 12.0. The van der Waals surface area contributed by atoms with Gasteiger partial charge in [0.2, 0.25) is 5.91 Å². The summed E-state index contributed by atoms with van der Waals surface area (Å²) in [6, 6.07) is 13.8. The van der Waals surface area contributed by atoms with Crippen LogP contribution in [0.3, 0.4) is 0 Å². The van der Waals surface area contributed by atoms with Crippen LogP contribution in [-0.2, 0) is 16.0 Å². The molecule has 0 aliphatic carbocycles. The number of ether oxygens (including phenoxy) is 2. The van der Waals surface area contributed by atoms with E-state index in [1.165, 1.54) is 22.2 Å². The summed E-state index contributed by atoms with van der Waals surface area (Å²) in [7, 11) is 3.19. The molecule has 1 aliphatic rings. The van der Waals surface area contributed by atoms with Gasteiger partial charge in [0.1, 0.15) is 4.32 Å². The molecule has 0 atom stereocenters. The van der Waals surface area contributed by atoms with Crippen LogP contribution in [0.1, 0.15) is 42.9 Å². The highest BCUT2D eigenvalue weighted by Gasteiger charge is 2.32. The van der Waals surface area contributed by atoms with Crippen LogP contribution in [-0.4, -0.2) is 48.3 Å². The van der Waals surface area contributed by atoms with E-state index in [4.69, 9.17) is 21.7 Å². The number of carbonyl (C=O) groups is 2. The maximum absolute atomic E-state index is 12.8. The fraction of sp³-hybridized carbons (Fsp3) is 0.346. The van der Waals surface area contributed by atoms with Gasteiger partial charge in [-0.1, -0.05) is 68.2 Å². The summed E-state index contributed by atoms with van der Waals surface area (Å²) < 4.78 is 11.0. The zero-order valence-corrected chi connectivity index (χ0v) is 21.6. The van der Waals surface area contributed by atoms with E-state index in [0.717, 1.165) is 11.1 Å². The van der Waals surface area contributed by atoms with Gasteiger partial charge >= 0.3 is 0 Å². The van der Waals surface area contributed by atoms with Crippen molar-refractivity contribution in [1.29, 1.82) is 0 Å². The molecule has 2 amide bonds. The molecule has 0 aromatic heterocycles. The molecule has 0 radical (unpaired) electrons. The number of nitrogens with zero attached hydrogens (tertiary/aromatic N) is 1. The van der Waals surface area contributed by atoms with Gasteiger partial charge in [-0.3, -0.25) is 14.5 Å². The molecule has 180 valence electrons. The van der Waals surface area contributed by atoms with Gasteiger partial charge in [-0.15, -0.1) is 0 Å². The normalized spacial score (nSPS) is 14.7. The van der Waals surface area contributed by atoms with Crippen molar-refractivity contribution in [3.05, 3.63) is 64.1 Å². The first-order valence-electron chi connectivity index (χ1n) is 11.1. The standard InChI is InChI=1S/C26H30N2O4S2/c1-17(2)20-8-5-18(6-9-20)16-23-25(30)28(26(33)34-23)14-12-24(29)27-13-11-19-7-10-21(31-3)22(15-19)32-4/h5-10,15-17H,11-14H2,1-4H3,(H,27,29)/b23-16-. The SMILES string of the molecule is COc1ccc(CCNC(=O)CCN2C(=O)/C(=C/c3ccc(C(C)C)cc3)SC2=S)cc1OC. The number of carbonyl (C=O) groups excluding carboxylic acids is 2. The highest BCUT2D eigenvalue weighted by molar-refractivity contribution is 8.26. The Kier molecular flexibility index (Phi) is 9.12. The van der Waals surface area contributed by atoms with Gasteiger partial charge in [-0.25, -0.2) is 0 Å².